The molecule has 1 aromatic heterocycles. The third-order valence-corrected chi connectivity index (χ3v) is 4.49. The van der Waals surface area contributed by atoms with Crippen LogP contribution in [-0.2, 0) is 11.8 Å². The predicted octanol–water partition coefficient (Wildman–Crippen LogP) is 3.99. The highest BCUT2D eigenvalue weighted by Gasteiger charge is 2.45. The summed E-state index contributed by atoms with van der Waals surface area (Å²) in [6.07, 6.45) is -5.76. The minimum atomic E-state index is -4.66. The summed E-state index contributed by atoms with van der Waals surface area (Å²) in [6.45, 7) is 4.41. The van der Waals surface area contributed by atoms with Crippen molar-refractivity contribution in [2.24, 2.45) is 7.05 Å². The van der Waals surface area contributed by atoms with E-state index in [1.807, 2.05) is 5.32 Å². The highest BCUT2D eigenvalue weighted by molar-refractivity contribution is 9.10. The molecule has 0 fully saturated rings. The fourth-order valence-electron chi connectivity index (χ4n) is 2.56. The van der Waals surface area contributed by atoms with Gasteiger partial charge in [0.25, 0.3) is 5.91 Å². The fourth-order valence-corrected chi connectivity index (χ4v) is 2.82. The molecule has 2 aromatic rings. The van der Waals surface area contributed by atoms with E-state index in [2.05, 4.69) is 21.0 Å². The highest BCUT2D eigenvalue weighted by atomic mass is 79.9. The molecular weight excluding hydrogens is 415 g/mol. The summed E-state index contributed by atoms with van der Waals surface area (Å²) in [5.41, 5.74) is 0.505. The number of amides is 1. The Morgan fingerprint density at radius 3 is 2.31 bits per heavy atom. The van der Waals surface area contributed by atoms with Gasteiger partial charge in [-0.05, 0) is 45.0 Å². The van der Waals surface area contributed by atoms with Crippen LogP contribution < -0.4 is 10.1 Å². The van der Waals surface area contributed by atoms with E-state index >= 15 is 0 Å². The molecular formula is C17H19BrF3N3O2. The highest BCUT2D eigenvalue weighted by Crippen LogP contribution is 2.36. The van der Waals surface area contributed by atoms with Gasteiger partial charge in [0, 0.05) is 22.8 Å². The molecule has 0 aliphatic carbocycles. The van der Waals surface area contributed by atoms with Gasteiger partial charge in [0.1, 0.15) is 5.75 Å². The van der Waals surface area contributed by atoms with Gasteiger partial charge in [-0.25, -0.2) is 0 Å². The minimum Gasteiger partial charge on any atom is -0.481 e. The SMILES string of the molecule is Cc1nn(C)c(C)c1[C@@H](NC(=O)[C@@H](C)Oc1ccc(Br)cc1)C(F)(F)F. The summed E-state index contributed by atoms with van der Waals surface area (Å²) in [5, 5.41) is 6.05. The van der Waals surface area contributed by atoms with E-state index in [1.165, 1.54) is 25.5 Å². The van der Waals surface area contributed by atoms with Gasteiger partial charge >= 0.3 is 6.18 Å². The van der Waals surface area contributed by atoms with Crippen molar-refractivity contribution in [3.63, 3.8) is 0 Å². The van der Waals surface area contributed by atoms with Crippen molar-refractivity contribution in [1.29, 1.82) is 0 Å². The molecule has 2 rings (SSSR count). The van der Waals surface area contributed by atoms with Gasteiger partial charge in [-0.3, -0.25) is 9.48 Å². The number of carbonyl (C=O) groups is 1. The van der Waals surface area contributed by atoms with Crippen molar-refractivity contribution in [2.75, 3.05) is 0 Å². The molecule has 1 heterocycles. The maximum atomic E-state index is 13.6. The molecule has 0 saturated heterocycles. The molecule has 2 atom stereocenters. The second kappa shape index (κ2) is 7.69. The van der Waals surface area contributed by atoms with Gasteiger partial charge < -0.3 is 10.1 Å². The molecule has 1 amide bonds. The summed E-state index contributed by atoms with van der Waals surface area (Å²) in [4.78, 5) is 12.3. The van der Waals surface area contributed by atoms with Gasteiger partial charge in [-0.1, -0.05) is 15.9 Å². The van der Waals surface area contributed by atoms with Gasteiger partial charge in [0.05, 0.1) is 5.69 Å². The first-order valence-corrected chi connectivity index (χ1v) is 8.59. The first kappa shape index (κ1) is 20.3. The molecule has 0 aliphatic heterocycles. The predicted molar refractivity (Wildman–Crippen MR) is 93.9 cm³/mol. The average molecular weight is 434 g/mol. The zero-order valence-electron chi connectivity index (χ0n) is 14.7. The summed E-state index contributed by atoms with van der Waals surface area (Å²) in [6, 6.07) is 4.50. The van der Waals surface area contributed by atoms with Crippen molar-refractivity contribution in [3.8, 4) is 5.75 Å². The van der Waals surface area contributed by atoms with Crippen LogP contribution in [0.2, 0.25) is 0 Å². The third-order valence-electron chi connectivity index (χ3n) is 3.96. The number of aryl methyl sites for hydroxylation is 2. The quantitative estimate of drug-likeness (QED) is 0.775. The number of nitrogens with zero attached hydrogens (tertiary/aromatic N) is 2. The lowest BCUT2D eigenvalue weighted by Gasteiger charge is -2.24. The molecule has 0 saturated carbocycles. The van der Waals surface area contributed by atoms with Gasteiger partial charge in [0.2, 0.25) is 0 Å². The molecule has 142 valence electrons. The van der Waals surface area contributed by atoms with E-state index < -0.39 is 24.2 Å². The number of hydrogen-bond donors (Lipinski definition) is 1. The maximum Gasteiger partial charge on any atom is 0.413 e. The molecule has 1 N–H and O–H groups in total. The number of hydrogen-bond acceptors (Lipinski definition) is 3. The third kappa shape index (κ3) is 4.57. The smallest absolute Gasteiger partial charge is 0.413 e. The topological polar surface area (TPSA) is 56.2 Å². The number of alkyl halides is 3. The molecule has 9 heteroatoms. The van der Waals surface area contributed by atoms with Crippen LogP contribution in [0.1, 0.15) is 29.9 Å². The summed E-state index contributed by atoms with van der Waals surface area (Å²) in [5.74, 6) is -0.481. The van der Waals surface area contributed by atoms with Crippen LogP contribution in [0.5, 0.6) is 5.75 Å². The van der Waals surface area contributed by atoms with E-state index in [1.54, 1.807) is 31.3 Å². The van der Waals surface area contributed by atoms with Crippen LogP contribution in [-0.4, -0.2) is 28.0 Å². The van der Waals surface area contributed by atoms with Gasteiger partial charge in [0.15, 0.2) is 12.1 Å². The fraction of sp³-hybridized carbons (Fsp3) is 0.412. The van der Waals surface area contributed by atoms with E-state index in [0.29, 0.717) is 11.4 Å². The first-order chi connectivity index (χ1) is 12.0. The van der Waals surface area contributed by atoms with Crippen LogP contribution in [0.4, 0.5) is 13.2 Å². The van der Waals surface area contributed by atoms with E-state index in [-0.39, 0.29) is 11.3 Å². The van der Waals surface area contributed by atoms with Crippen molar-refractivity contribution in [1.82, 2.24) is 15.1 Å². The van der Waals surface area contributed by atoms with Crippen LogP contribution in [0.15, 0.2) is 28.7 Å². The standard InChI is InChI=1S/C17H19BrF3N3O2/c1-9-14(10(2)24(4)23-9)15(17(19,20)21)22-16(25)11(3)26-13-7-5-12(18)6-8-13/h5-8,11,15H,1-4H3,(H,22,25)/t11-,15-/m1/s1. The van der Waals surface area contributed by atoms with E-state index in [9.17, 15) is 18.0 Å². The summed E-state index contributed by atoms with van der Waals surface area (Å²) in [7, 11) is 1.56. The minimum absolute atomic E-state index is 0.0517. The molecule has 0 aliphatic rings. The number of nitrogens with one attached hydrogen (secondary N) is 1. The number of carbonyl (C=O) groups excluding carboxylic acids is 1. The van der Waals surface area contributed by atoms with Crippen LogP contribution in [0, 0.1) is 13.8 Å². The zero-order chi connectivity index (χ0) is 19.6. The number of benzene rings is 1. The first-order valence-electron chi connectivity index (χ1n) is 7.80. The Morgan fingerprint density at radius 2 is 1.85 bits per heavy atom. The number of ether oxygens (including phenoxy) is 1. The second-order valence-electron chi connectivity index (χ2n) is 5.91. The van der Waals surface area contributed by atoms with E-state index in [4.69, 9.17) is 4.74 Å². The summed E-state index contributed by atoms with van der Waals surface area (Å²) < 4.78 is 48.3. The molecule has 0 spiro atoms. The molecule has 26 heavy (non-hydrogen) atoms. The Bertz CT molecular complexity index is 788. The van der Waals surface area contributed by atoms with E-state index in [0.717, 1.165) is 4.47 Å². The van der Waals surface area contributed by atoms with Gasteiger partial charge in [-0.15, -0.1) is 0 Å². The lowest BCUT2D eigenvalue weighted by molar-refractivity contribution is -0.165. The van der Waals surface area contributed by atoms with Crippen molar-refractivity contribution < 1.29 is 22.7 Å². The number of rotatable bonds is 5. The molecule has 1 aromatic carbocycles. The van der Waals surface area contributed by atoms with Crippen LogP contribution >= 0.6 is 15.9 Å². The number of aromatic nitrogens is 2. The van der Waals surface area contributed by atoms with Crippen molar-refractivity contribution in [3.05, 3.63) is 45.7 Å². The normalized spacial score (nSPS) is 14.0. The largest absolute Gasteiger partial charge is 0.481 e. The number of halogens is 4. The molecule has 0 unspecified atom stereocenters. The van der Waals surface area contributed by atoms with Gasteiger partial charge in [-0.2, -0.15) is 18.3 Å². The van der Waals surface area contributed by atoms with Crippen molar-refractivity contribution in [2.45, 2.75) is 39.1 Å². The Kier molecular flexibility index (Phi) is 6.00. The Morgan fingerprint density at radius 1 is 1.27 bits per heavy atom. The van der Waals surface area contributed by atoms with Crippen LogP contribution in [0.25, 0.3) is 0 Å². The lowest BCUT2D eigenvalue weighted by atomic mass is 10.0. The maximum absolute atomic E-state index is 13.6. The average Bonchev–Trinajstić information content (AvgIpc) is 2.78. The van der Waals surface area contributed by atoms with Crippen molar-refractivity contribution >= 4 is 21.8 Å². The molecule has 0 radical (unpaired) electrons. The Labute approximate surface area is 157 Å². The Hall–Kier alpha value is -2.03. The molecule has 5 nitrogen and oxygen atoms in total. The lowest BCUT2D eigenvalue weighted by Crippen LogP contribution is -2.44. The Balaban J connectivity index is 2.20. The monoisotopic (exact) mass is 433 g/mol. The second-order valence-corrected chi connectivity index (χ2v) is 6.82. The van der Waals surface area contributed by atoms with Crippen LogP contribution in [0.3, 0.4) is 0 Å². The summed E-state index contributed by atoms with van der Waals surface area (Å²) >= 11 is 3.27. The zero-order valence-corrected chi connectivity index (χ0v) is 16.3. The molecule has 0 bridgehead atoms.